The minimum atomic E-state index is -0.904. The zero-order valence-electron chi connectivity index (χ0n) is 6.89. The smallest absolute Gasteiger partial charge is 0.330 e. The molecule has 2 aromatic rings. The molecule has 0 aliphatic rings. The van der Waals surface area contributed by atoms with Gasteiger partial charge in [0.15, 0.2) is 0 Å². The van der Waals surface area contributed by atoms with Gasteiger partial charge in [0.05, 0.1) is 0 Å². The standard InChI is InChI=1S/C9H6O5/c10-4-2-1-3-5-6(4)7(11)8(12)9(13)14-5/h1-3,10,12-13H. The molecule has 1 heterocycles. The molecule has 0 saturated heterocycles. The van der Waals surface area contributed by atoms with Crippen molar-refractivity contribution >= 4 is 11.0 Å². The van der Waals surface area contributed by atoms with Crippen molar-refractivity contribution in [2.45, 2.75) is 0 Å². The first-order valence-corrected chi connectivity index (χ1v) is 3.78. The van der Waals surface area contributed by atoms with Gasteiger partial charge in [-0.25, -0.2) is 0 Å². The maximum Gasteiger partial charge on any atom is 0.330 e. The van der Waals surface area contributed by atoms with E-state index in [2.05, 4.69) is 0 Å². The van der Waals surface area contributed by atoms with E-state index in [1.54, 1.807) is 0 Å². The van der Waals surface area contributed by atoms with E-state index in [9.17, 15) is 9.90 Å². The number of hydrogen-bond acceptors (Lipinski definition) is 5. The molecule has 72 valence electrons. The zero-order chi connectivity index (χ0) is 10.3. The molecule has 0 aliphatic heterocycles. The van der Waals surface area contributed by atoms with Gasteiger partial charge < -0.3 is 19.7 Å². The average molecular weight is 194 g/mol. The van der Waals surface area contributed by atoms with Gasteiger partial charge in [0.2, 0.25) is 11.2 Å². The molecule has 0 fully saturated rings. The Hall–Kier alpha value is -2.17. The number of aromatic hydroxyl groups is 3. The monoisotopic (exact) mass is 194 g/mol. The van der Waals surface area contributed by atoms with Crippen LogP contribution in [0, 0.1) is 0 Å². The van der Waals surface area contributed by atoms with Crippen molar-refractivity contribution < 1.29 is 19.7 Å². The Balaban J connectivity index is 3.07. The van der Waals surface area contributed by atoms with E-state index in [1.165, 1.54) is 18.2 Å². The molecule has 0 bridgehead atoms. The van der Waals surface area contributed by atoms with Crippen molar-refractivity contribution in [1.29, 1.82) is 0 Å². The molecule has 2 rings (SSSR count). The highest BCUT2D eigenvalue weighted by atomic mass is 16.5. The van der Waals surface area contributed by atoms with E-state index in [1.807, 2.05) is 0 Å². The van der Waals surface area contributed by atoms with Crippen LogP contribution in [-0.4, -0.2) is 15.3 Å². The van der Waals surface area contributed by atoms with Crippen molar-refractivity contribution in [2.24, 2.45) is 0 Å². The molecule has 0 atom stereocenters. The molecule has 0 saturated carbocycles. The van der Waals surface area contributed by atoms with Gasteiger partial charge in [0.1, 0.15) is 16.7 Å². The first-order valence-electron chi connectivity index (χ1n) is 3.78. The summed E-state index contributed by atoms with van der Waals surface area (Å²) < 4.78 is 4.70. The second-order valence-corrected chi connectivity index (χ2v) is 2.74. The Bertz CT molecular complexity index is 555. The van der Waals surface area contributed by atoms with Gasteiger partial charge >= 0.3 is 5.95 Å². The van der Waals surface area contributed by atoms with Crippen LogP contribution < -0.4 is 5.43 Å². The van der Waals surface area contributed by atoms with Gasteiger partial charge in [-0.05, 0) is 12.1 Å². The second kappa shape index (κ2) is 2.66. The summed E-state index contributed by atoms with van der Waals surface area (Å²) in [5.74, 6) is -2.06. The highest BCUT2D eigenvalue weighted by molar-refractivity contribution is 5.84. The Morgan fingerprint density at radius 1 is 1.14 bits per heavy atom. The molecule has 5 heteroatoms. The summed E-state index contributed by atoms with van der Waals surface area (Å²) in [7, 11) is 0. The van der Waals surface area contributed by atoms with Crippen molar-refractivity contribution in [1.82, 2.24) is 0 Å². The lowest BCUT2D eigenvalue weighted by molar-refractivity contribution is 0.302. The Morgan fingerprint density at radius 3 is 2.57 bits per heavy atom. The molecule has 0 amide bonds. The molecule has 0 aliphatic carbocycles. The first kappa shape index (κ1) is 8.43. The van der Waals surface area contributed by atoms with E-state index in [4.69, 9.17) is 14.6 Å². The Labute approximate surface area is 77.5 Å². The summed E-state index contributed by atoms with van der Waals surface area (Å²) in [4.78, 5) is 11.3. The molecule has 1 aromatic carbocycles. The van der Waals surface area contributed by atoms with Crippen LogP contribution in [-0.2, 0) is 0 Å². The maximum atomic E-state index is 11.3. The molecular formula is C9H6O5. The van der Waals surface area contributed by atoms with Crippen LogP contribution in [0.25, 0.3) is 11.0 Å². The van der Waals surface area contributed by atoms with Crippen LogP contribution in [0.4, 0.5) is 0 Å². The number of rotatable bonds is 0. The molecule has 0 spiro atoms. The average Bonchev–Trinajstić information content (AvgIpc) is 2.14. The highest BCUT2D eigenvalue weighted by Crippen LogP contribution is 2.29. The largest absolute Gasteiger partial charge is 0.507 e. The SMILES string of the molecule is O=c1c(O)c(O)oc2cccc(O)c12. The summed E-state index contributed by atoms with van der Waals surface area (Å²) in [5.41, 5.74) is -0.841. The van der Waals surface area contributed by atoms with Crippen molar-refractivity contribution in [3.63, 3.8) is 0 Å². The Kier molecular flexibility index (Phi) is 1.60. The van der Waals surface area contributed by atoms with Gasteiger partial charge in [-0.2, -0.15) is 0 Å². The van der Waals surface area contributed by atoms with Gasteiger partial charge in [-0.15, -0.1) is 0 Å². The van der Waals surface area contributed by atoms with Crippen molar-refractivity contribution in [2.75, 3.05) is 0 Å². The highest BCUT2D eigenvalue weighted by Gasteiger charge is 2.14. The summed E-state index contributed by atoms with van der Waals surface area (Å²) in [6, 6.07) is 4.14. The number of phenols is 1. The summed E-state index contributed by atoms with van der Waals surface area (Å²) in [6.07, 6.45) is 0. The lowest BCUT2D eigenvalue weighted by Gasteiger charge is -2.00. The first-order chi connectivity index (χ1) is 6.61. The van der Waals surface area contributed by atoms with Crippen LogP contribution >= 0.6 is 0 Å². The fourth-order valence-corrected chi connectivity index (χ4v) is 1.20. The number of fused-ring (bicyclic) bond motifs is 1. The lowest BCUT2D eigenvalue weighted by Crippen LogP contribution is -2.00. The van der Waals surface area contributed by atoms with E-state index < -0.39 is 17.1 Å². The fraction of sp³-hybridized carbons (Fsp3) is 0. The Morgan fingerprint density at radius 2 is 1.86 bits per heavy atom. The molecular weight excluding hydrogens is 188 g/mol. The molecule has 1 aromatic heterocycles. The van der Waals surface area contributed by atoms with E-state index in [0.717, 1.165) is 0 Å². The van der Waals surface area contributed by atoms with Crippen molar-refractivity contribution in [3.05, 3.63) is 28.4 Å². The third kappa shape index (κ3) is 0.990. The summed E-state index contributed by atoms with van der Waals surface area (Å²) in [5, 5.41) is 27.2. The quantitative estimate of drug-likeness (QED) is 0.579. The van der Waals surface area contributed by atoms with Crippen LogP contribution in [0.15, 0.2) is 27.4 Å². The molecule has 0 unspecified atom stereocenters. The molecule has 5 nitrogen and oxygen atoms in total. The van der Waals surface area contributed by atoms with E-state index >= 15 is 0 Å². The van der Waals surface area contributed by atoms with Crippen LogP contribution in [0.5, 0.6) is 17.4 Å². The van der Waals surface area contributed by atoms with Gasteiger partial charge in [-0.1, -0.05) is 6.07 Å². The zero-order valence-corrected chi connectivity index (χ0v) is 6.89. The van der Waals surface area contributed by atoms with Crippen LogP contribution in [0.2, 0.25) is 0 Å². The maximum absolute atomic E-state index is 11.3. The number of benzene rings is 1. The van der Waals surface area contributed by atoms with Crippen LogP contribution in [0.3, 0.4) is 0 Å². The number of phenolic OH excluding ortho intramolecular Hbond substituents is 1. The van der Waals surface area contributed by atoms with Gasteiger partial charge in [0, 0.05) is 0 Å². The normalized spacial score (nSPS) is 10.6. The third-order valence-electron chi connectivity index (χ3n) is 1.86. The number of hydrogen-bond donors (Lipinski definition) is 3. The topological polar surface area (TPSA) is 90.9 Å². The van der Waals surface area contributed by atoms with Gasteiger partial charge in [-0.3, -0.25) is 4.79 Å². The fourth-order valence-electron chi connectivity index (χ4n) is 1.20. The molecule has 0 radical (unpaired) electrons. The predicted octanol–water partition coefficient (Wildman–Crippen LogP) is 0.910. The van der Waals surface area contributed by atoms with E-state index in [0.29, 0.717) is 0 Å². The van der Waals surface area contributed by atoms with Crippen molar-refractivity contribution in [3.8, 4) is 17.4 Å². The third-order valence-corrected chi connectivity index (χ3v) is 1.86. The summed E-state index contributed by atoms with van der Waals surface area (Å²) >= 11 is 0. The van der Waals surface area contributed by atoms with E-state index in [-0.39, 0.29) is 16.7 Å². The molecule has 14 heavy (non-hydrogen) atoms. The summed E-state index contributed by atoms with van der Waals surface area (Å²) in [6.45, 7) is 0. The second-order valence-electron chi connectivity index (χ2n) is 2.74. The predicted molar refractivity (Wildman–Crippen MR) is 47.5 cm³/mol. The minimum absolute atomic E-state index is 0.0188. The van der Waals surface area contributed by atoms with Crippen LogP contribution in [0.1, 0.15) is 0 Å². The molecule has 3 N–H and O–H groups in total. The lowest BCUT2D eigenvalue weighted by atomic mass is 10.2. The van der Waals surface area contributed by atoms with Gasteiger partial charge in [0.25, 0.3) is 0 Å². The minimum Gasteiger partial charge on any atom is -0.507 e.